The first-order valence-corrected chi connectivity index (χ1v) is 17.2. The monoisotopic (exact) mass is 674 g/mol. The second kappa shape index (κ2) is 9.85. The highest BCUT2D eigenvalue weighted by molar-refractivity contribution is 7.86. The van der Waals surface area contributed by atoms with Crippen molar-refractivity contribution in [2.75, 3.05) is 0 Å². The second-order valence-electron chi connectivity index (χ2n) is 11.1. The molecule has 0 saturated heterocycles. The molecule has 0 radical (unpaired) electrons. The Morgan fingerprint density at radius 1 is 0.604 bits per heavy atom. The fourth-order valence-electron chi connectivity index (χ4n) is 6.19. The number of benzene rings is 3. The lowest BCUT2D eigenvalue weighted by molar-refractivity contribution is 0.481. The number of hydrogen-bond acceptors (Lipinski definition) is 11. The number of nitrogens with one attached hydrogen (secondary N) is 1. The van der Waals surface area contributed by atoms with Crippen molar-refractivity contribution in [3.05, 3.63) is 129 Å². The van der Waals surface area contributed by atoms with Crippen LogP contribution in [-0.2, 0) is 20.2 Å². The molecule has 8 bridgehead atoms. The van der Waals surface area contributed by atoms with Gasteiger partial charge >= 0.3 is 0 Å². The van der Waals surface area contributed by atoms with Crippen molar-refractivity contribution in [1.29, 1.82) is 0 Å². The van der Waals surface area contributed by atoms with Crippen LogP contribution < -0.4 is 11.0 Å². The summed E-state index contributed by atoms with van der Waals surface area (Å²) >= 11 is 0. The summed E-state index contributed by atoms with van der Waals surface area (Å²) in [5.74, 6) is 0.976. The van der Waals surface area contributed by atoms with Crippen LogP contribution in [0.2, 0.25) is 0 Å². The van der Waals surface area contributed by atoms with Crippen molar-refractivity contribution >= 4 is 60.2 Å². The molecule has 48 heavy (non-hydrogen) atoms. The molecule has 0 unspecified atom stereocenters. The summed E-state index contributed by atoms with van der Waals surface area (Å²) in [5, 5.41) is 0.327. The molecule has 9 rings (SSSR count). The van der Waals surface area contributed by atoms with Gasteiger partial charge in [-0.05, 0) is 18.6 Å². The number of amidine groups is 5. The third-order valence-corrected chi connectivity index (χ3v) is 10.0. The molecule has 5 heterocycles. The molecule has 3 N–H and O–H groups in total. The number of H-pyrrole nitrogens is 1. The van der Waals surface area contributed by atoms with E-state index in [4.69, 9.17) is 30.0 Å². The molecule has 5 aliphatic rings. The SMILES string of the molecule is O=S(=O)(O)c1cccc2c1C1=NC3=NC(=NC4=C5C=CCC=C5C(=N4)N=c4[nH]c(c5cccc(S(=O)(=O)O)c45)=NC2=N1)c1ccccc13. The average Bonchev–Trinajstić information content (AvgIpc) is 3.79. The minimum atomic E-state index is -4.75. The Labute approximate surface area is 270 Å². The number of rotatable bonds is 2. The zero-order valence-corrected chi connectivity index (χ0v) is 25.8. The lowest BCUT2D eigenvalue weighted by Gasteiger charge is -2.06. The summed E-state index contributed by atoms with van der Waals surface area (Å²) in [6.07, 6.45) is 6.35. The van der Waals surface area contributed by atoms with Crippen molar-refractivity contribution in [3.63, 3.8) is 0 Å². The van der Waals surface area contributed by atoms with Gasteiger partial charge < -0.3 is 4.98 Å². The third-order valence-electron chi connectivity index (χ3n) is 8.22. The molecule has 4 aliphatic heterocycles. The first-order chi connectivity index (χ1) is 23.0. The van der Waals surface area contributed by atoms with Gasteiger partial charge in [0.2, 0.25) is 0 Å². The van der Waals surface area contributed by atoms with Gasteiger partial charge in [-0.2, -0.15) is 16.8 Å². The summed E-state index contributed by atoms with van der Waals surface area (Å²) in [4.78, 5) is 35.2. The summed E-state index contributed by atoms with van der Waals surface area (Å²) in [6, 6.07) is 15.8. The van der Waals surface area contributed by atoms with Gasteiger partial charge in [0.25, 0.3) is 20.2 Å². The molecule has 3 aromatic carbocycles. The Hall–Kier alpha value is -5.81. The quantitative estimate of drug-likeness (QED) is 0.272. The van der Waals surface area contributed by atoms with Gasteiger partial charge in [-0.25, -0.2) is 34.9 Å². The smallest absolute Gasteiger partial charge is 0.295 e. The highest BCUT2D eigenvalue weighted by atomic mass is 32.2. The van der Waals surface area contributed by atoms with E-state index in [1.165, 1.54) is 24.3 Å². The van der Waals surface area contributed by atoms with Crippen LogP contribution in [0.5, 0.6) is 0 Å². The number of aromatic nitrogens is 1. The Morgan fingerprint density at radius 2 is 1.21 bits per heavy atom. The van der Waals surface area contributed by atoms with E-state index in [0.717, 1.165) is 0 Å². The Balaban J connectivity index is 1.44. The first kappa shape index (κ1) is 28.4. The molecule has 1 aromatic heterocycles. The molecule has 0 amide bonds. The molecule has 16 heteroatoms. The topological polar surface area (TPSA) is 211 Å². The van der Waals surface area contributed by atoms with Crippen LogP contribution in [0.1, 0.15) is 28.7 Å². The van der Waals surface area contributed by atoms with Gasteiger partial charge in [-0.1, -0.05) is 66.8 Å². The molecule has 1 aliphatic carbocycles. The maximum atomic E-state index is 12.6. The number of fused-ring (bicyclic) bond motifs is 16. The summed E-state index contributed by atoms with van der Waals surface area (Å²) in [5.41, 5.74) is 3.00. The predicted molar refractivity (Wildman–Crippen MR) is 176 cm³/mol. The van der Waals surface area contributed by atoms with Crippen molar-refractivity contribution in [1.82, 2.24) is 4.98 Å². The van der Waals surface area contributed by atoms with Crippen molar-refractivity contribution in [2.24, 2.45) is 34.9 Å². The van der Waals surface area contributed by atoms with E-state index in [0.29, 0.717) is 40.4 Å². The Bertz CT molecular complexity index is 2850. The van der Waals surface area contributed by atoms with Gasteiger partial charge in [-0.15, -0.1) is 0 Å². The zero-order valence-electron chi connectivity index (χ0n) is 24.2. The molecule has 14 nitrogen and oxygen atoms in total. The fraction of sp³-hybridized carbons (Fsp3) is 0.0312. The molecule has 234 valence electrons. The number of aliphatic imine (C=N–C) groups is 5. The second-order valence-corrected chi connectivity index (χ2v) is 13.8. The molecule has 0 fully saturated rings. The minimum Gasteiger partial charge on any atom is -0.324 e. The van der Waals surface area contributed by atoms with Gasteiger partial charge in [0.1, 0.15) is 20.8 Å². The van der Waals surface area contributed by atoms with Crippen LogP contribution in [0, 0.1) is 0 Å². The number of aromatic amines is 1. The molecule has 0 saturated carbocycles. The van der Waals surface area contributed by atoms with Crippen LogP contribution in [0.15, 0.2) is 141 Å². The molecule has 4 aromatic rings. The van der Waals surface area contributed by atoms with E-state index in [1.54, 1.807) is 18.2 Å². The summed E-state index contributed by atoms with van der Waals surface area (Å²) in [7, 11) is -9.48. The van der Waals surface area contributed by atoms with Crippen LogP contribution in [-0.4, -0.2) is 60.1 Å². The van der Waals surface area contributed by atoms with E-state index >= 15 is 0 Å². The van der Waals surface area contributed by atoms with E-state index in [2.05, 4.69) is 9.98 Å². The number of hydrogen-bond donors (Lipinski definition) is 3. The van der Waals surface area contributed by atoms with Crippen LogP contribution in [0.3, 0.4) is 0 Å². The lowest BCUT2D eigenvalue weighted by Crippen LogP contribution is -2.16. The van der Waals surface area contributed by atoms with Gasteiger partial charge in [-0.3, -0.25) is 9.11 Å². The van der Waals surface area contributed by atoms with E-state index < -0.39 is 30.0 Å². The van der Waals surface area contributed by atoms with Crippen LogP contribution in [0.25, 0.3) is 10.8 Å². The fourth-order valence-corrected chi connectivity index (χ4v) is 7.62. The maximum Gasteiger partial charge on any atom is 0.295 e. The third kappa shape index (κ3) is 4.27. The predicted octanol–water partition coefficient (Wildman–Crippen LogP) is 2.84. The van der Waals surface area contributed by atoms with E-state index in [9.17, 15) is 25.9 Å². The van der Waals surface area contributed by atoms with Crippen molar-refractivity contribution in [2.45, 2.75) is 16.2 Å². The standard InChI is InChI=1S/C32H18N8O6S2/c41-47(42,43)21-13-5-11-19-23(21)31-37-27-17-9-3-1-7-15(17)25(34-27)33-26-16-8-2-4-10-18(16)28(35-26)38-32-24-20(30(40-32)36-29(19)39-31)12-6-14-22(24)48(44,45)46/h1-3,5-14H,4H2,(H,41,42,43)(H,44,45,46)(H,33,34,35,36,37,38,39,40). The maximum absolute atomic E-state index is 12.6. The molecular formula is C32H18N8O6S2. The Morgan fingerprint density at radius 3 is 1.98 bits per heavy atom. The molecule has 0 spiro atoms. The summed E-state index contributed by atoms with van der Waals surface area (Å²) < 4.78 is 70.6. The first-order valence-electron chi connectivity index (χ1n) is 14.4. The van der Waals surface area contributed by atoms with E-state index in [-0.39, 0.29) is 56.2 Å². The normalized spacial score (nSPS) is 17.7. The number of allylic oxidation sites excluding steroid dienone is 3. The van der Waals surface area contributed by atoms with Crippen LogP contribution in [0.4, 0.5) is 0 Å². The van der Waals surface area contributed by atoms with Gasteiger partial charge in [0, 0.05) is 38.6 Å². The van der Waals surface area contributed by atoms with Crippen LogP contribution >= 0.6 is 0 Å². The van der Waals surface area contributed by atoms with Crippen molar-refractivity contribution < 1.29 is 25.9 Å². The largest absolute Gasteiger partial charge is 0.324 e. The molecule has 0 atom stereocenters. The highest BCUT2D eigenvalue weighted by Gasteiger charge is 2.32. The van der Waals surface area contributed by atoms with Gasteiger partial charge in [0.15, 0.2) is 35.0 Å². The Kier molecular flexibility index (Phi) is 5.83. The minimum absolute atomic E-state index is 0.00435. The summed E-state index contributed by atoms with van der Waals surface area (Å²) in [6.45, 7) is 0. The zero-order chi connectivity index (χ0) is 32.9. The van der Waals surface area contributed by atoms with Gasteiger partial charge in [0.05, 0.1) is 5.56 Å². The number of nitrogens with zero attached hydrogens (tertiary/aromatic N) is 7. The molecular weight excluding hydrogens is 657 g/mol. The lowest BCUT2D eigenvalue weighted by atomic mass is 10.0. The average molecular weight is 675 g/mol. The highest BCUT2D eigenvalue weighted by Crippen LogP contribution is 2.34. The van der Waals surface area contributed by atoms with E-state index in [1.807, 2.05) is 36.4 Å². The van der Waals surface area contributed by atoms with Crippen molar-refractivity contribution in [3.8, 4) is 0 Å².